The summed E-state index contributed by atoms with van der Waals surface area (Å²) in [6.45, 7) is 1.98. The molecule has 6 nitrogen and oxygen atoms in total. The molecule has 4 rings (SSSR count). The Kier molecular flexibility index (Phi) is 1.56. The van der Waals surface area contributed by atoms with Gasteiger partial charge < -0.3 is 0 Å². The Morgan fingerprint density at radius 1 is 1.17 bits per heavy atom. The first-order valence-electron chi connectivity index (χ1n) is 5.48. The summed E-state index contributed by atoms with van der Waals surface area (Å²) in [4.78, 5) is 20.4. The molecule has 1 aromatic carbocycles. The molecule has 0 fully saturated rings. The van der Waals surface area contributed by atoms with Gasteiger partial charge in [0.05, 0.1) is 0 Å². The first-order valence-corrected chi connectivity index (χ1v) is 5.48. The molecular formula is C12H7N5O. The van der Waals surface area contributed by atoms with E-state index in [0.29, 0.717) is 22.7 Å². The Morgan fingerprint density at radius 3 is 2.94 bits per heavy atom. The Labute approximate surface area is 101 Å². The Bertz CT molecular complexity index is 820. The maximum Gasteiger partial charge on any atom is 0.271 e. The van der Waals surface area contributed by atoms with E-state index in [2.05, 4.69) is 20.2 Å². The third-order valence-electron chi connectivity index (χ3n) is 3.03. The van der Waals surface area contributed by atoms with Gasteiger partial charge in [0.25, 0.3) is 5.78 Å². The number of nitrogens with zero attached hydrogens (tertiary/aromatic N) is 5. The summed E-state index contributed by atoms with van der Waals surface area (Å²) in [5, 5.41) is 8.25. The standard InChI is InChI=1S/C12H7N5O/c1-6-2-3-7-8(4-6)9-10(11(7)18)15-12-13-5-14-17(12)16-9/h2-5H,1H3. The van der Waals surface area contributed by atoms with Crippen molar-refractivity contribution in [1.82, 2.24) is 24.8 Å². The van der Waals surface area contributed by atoms with Gasteiger partial charge in [-0.3, -0.25) is 4.79 Å². The average Bonchev–Trinajstić information content (AvgIpc) is 2.92. The van der Waals surface area contributed by atoms with Crippen molar-refractivity contribution >= 4 is 11.6 Å². The second kappa shape index (κ2) is 2.98. The van der Waals surface area contributed by atoms with Gasteiger partial charge in [0.1, 0.15) is 17.7 Å². The summed E-state index contributed by atoms with van der Waals surface area (Å²) in [5.74, 6) is 0.240. The number of rotatable bonds is 0. The minimum atomic E-state index is -0.0991. The molecule has 3 aromatic rings. The van der Waals surface area contributed by atoms with Crippen molar-refractivity contribution in [2.24, 2.45) is 0 Å². The van der Waals surface area contributed by atoms with Gasteiger partial charge in [-0.1, -0.05) is 17.7 Å². The predicted octanol–water partition coefficient (Wildman–Crippen LogP) is 1.04. The fourth-order valence-electron chi connectivity index (χ4n) is 2.19. The highest BCUT2D eigenvalue weighted by molar-refractivity contribution is 6.19. The Morgan fingerprint density at radius 2 is 2.06 bits per heavy atom. The molecule has 2 heterocycles. The van der Waals surface area contributed by atoms with Crippen molar-refractivity contribution in [2.75, 3.05) is 0 Å². The molecule has 18 heavy (non-hydrogen) atoms. The van der Waals surface area contributed by atoms with E-state index in [-0.39, 0.29) is 5.78 Å². The van der Waals surface area contributed by atoms with Crippen molar-refractivity contribution in [3.63, 3.8) is 0 Å². The quantitative estimate of drug-likeness (QED) is 0.457. The molecule has 0 aliphatic heterocycles. The summed E-state index contributed by atoms with van der Waals surface area (Å²) in [7, 11) is 0. The third-order valence-corrected chi connectivity index (χ3v) is 3.03. The number of fused-ring (bicyclic) bond motifs is 4. The number of carbonyl (C=O) groups is 1. The smallest absolute Gasteiger partial charge is 0.271 e. The van der Waals surface area contributed by atoms with E-state index in [1.165, 1.54) is 11.0 Å². The molecule has 1 aliphatic rings. The maximum absolute atomic E-state index is 12.2. The van der Waals surface area contributed by atoms with E-state index in [1.54, 1.807) is 0 Å². The molecule has 0 N–H and O–H groups in total. The molecular weight excluding hydrogens is 230 g/mol. The lowest BCUT2D eigenvalue weighted by Gasteiger charge is -1.99. The van der Waals surface area contributed by atoms with E-state index in [9.17, 15) is 4.79 Å². The van der Waals surface area contributed by atoms with Gasteiger partial charge in [-0.25, -0.2) is 4.98 Å². The van der Waals surface area contributed by atoms with E-state index < -0.39 is 0 Å². The van der Waals surface area contributed by atoms with Crippen LogP contribution >= 0.6 is 0 Å². The number of hydrogen-bond acceptors (Lipinski definition) is 5. The second-order valence-electron chi connectivity index (χ2n) is 4.24. The van der Waals surface area contributed by atoms with Gasteiger partial charge >= 0.3 is 0 Å². The van der Waals surface area contributed by atoms with Gasteiger partial charge in [-0.05, 0) is 13.0 Å². The first kappa shape index (κ1) is 9.41. The Balaban J connectivity index is 2.13. The van der Waals surface area contributed by atoms with Crippen LogP contribution in [0.3, 0.4) is 0 Å². The van der Waals surface area contributed by atoms with Gasteiger partial charge in [0.2, 0.25) is 5.78 Å². The summed E-state index contributed by atoms with van der Waals surface area (Å²) in [5.41, 5.74) is 3.48. The minimum absolute atomic E-state index is 0.0991. The maximum atomic E-state index is 12.2. The molecule has 0 saturated heterocycles. The number of aryl methyl sites for hydroxylation is 1. The molecule has 0 amide bonds. The van der Waals surface area contributed by atoms with Crippen LogP contribution in [0.4, 0.5) is 0 Å². The van der Waals surface area contributed by atoms with Crippen LogP contribution in [0.2, 0.25) is 0 Å². The third kappa shape index (κ3) is 1.04. The molecule has 1 aliphatic carbocycles. The number of ketones is 1. The fourth-order valence-corrected chi connectivity index (χ4v) is 2.19. The zero-order valence-corrected chi connectivity index (χ0v) is 9.45. The highest BCUT2D eigenvalue weighted by atomic mass is 16.1. The van der Waals surface area contributed by atoms with E-state index in [1.807, 2.05) is 25.1 Å². The molecule has 0 spiro atoms. The monoisotopic (exact) mass is 237 g/mol. The average molecular weight is 237 g/mol. The van der Waals surface area contributed by atoms with E-state index in [0.717, 1.165) is 11.1 Å². The number of hydrogen-bond donors (Lipinski definition) is 0. The number of carbonyl (C=O) groups excluding carboxylic acids is 1. The molecule has 86 valence electrons. The van der Waals surface area contributed by atoms with E-state index >= 15 is 0 Å². The molecule has 0 radical (unpaired) electrons. The summed E-state index contributed by atoms with van der Waals surface area (Å²) >= 11 is 0. The van der Waals surface area contributed by atoms with Gasteiger partial charge in [-0.2, -0.15) is 4.98 Å². The van der Waals surface area contributed by atoms with E-state index in [4.69, 9.17) is 0 Å². The molecule has 0 atom stereocenters. The lowest BCUT2D eigenvalue weighted by atomic mass is 10.1. The van der Waals surface area contributed by atoms with Crippen LogP contribution in [0.5, 0.6) is 0 Å². The first-order chi connectivity index (χ1) is 8.74. The van der Waals surface area contributed by atoms with Crippen LogP contribution in [-0.2, 0) is 0 Å². The van der Waals surface area contributed by atoms with Gasteiger partial charge in [0.15, 0.2) is 0 Å². The zero-order chi connectivity index (χ0) is 12.3. The molecule has 2 aromatic heterocycles. The van der Waals surface area contributed by atoms with Crippen LogP contribution in [0, 0.1) is 6.92 Å². The fraction of sp³-hybridized carbons (Fsp3) is 0.0833. The number of benzene rings is 1. The zero-order valence-electron chi connectivity index (χ0n) is 9.45. The lowest BCUT2D eigenvalue weighted by Crippen LogP contribution is -2.04. The van der Waals surface area contributed by atoms with Crippen LogP contribution in [0.1, 0.15) is 21.6 Å². The van der Waals surface area contributed by atoms with Crippen molar-refractivity contribution in [3.05, 3.63) is 41.3 Å². The second-order valence-corrected chi connectivity index (χ2v) is 4.24. The molecule has 0 bridgehead atoms. The van der Waals surface area contributed by atoms with Crippen molar-refractivity contribution in [2.45, 2.75) is 6.92 Å². The summed E-state index contributed by atoms with van der Waals surface area (Å²) in [6, 6.07) is 5.66. The van der Waals surface area contributed by atoms with Crippen LogP contribution in [-0.4, -0.2) is 30.6 Å². The molecule has 0 saturated carbocycles. The highest BCUT2D eigenvalue weighted by Crippen LogP contribution is 2.34. The largest absolute Gasteiger partial charge is 0.287 e. The van der Waals surface area contributed by atoms with Crippen molar-refractivity contribution in [1.29, 1.82) is 0 Å². The number of aromatic nitrogens is 5. The van der Waals surface area contributed by atoms with Gasteiger partial charge in [0, 0.05) is 11.1 Å². The topological polar surface area (TPSA) is 73.0 Å². The van der Waals surface area contributed by atoms with Crippen LogP contribution in [0.15, 0.2) is 24.5 Å². The van der Waals surface area contributed by atoms with Crippen molar-refractivity contribution in [3.8, 4) is 11.3 Å². The van der Waals surface area contributed by atoms with Crippen LogP contribution < -0.4 is 0 Å². The Hall–Kier alpha value is -2.63. The van der Waals surface area contributed by atoms with Crippen LogP contribution in [0.25, 0.3) is 17.0 Å². The minimum Gasteiger partial charge on any atom is -0.287 e. The summed E-state index contributed by atoms with van der Waals surface area (Å²) in [6.07, 6.45) is 1.37. The SMILES string of the molecule is Cc1ccc2c(c1)-c1nn3ncnc3nc1C2=O. The molecule has 0 unspecified atom stereocenters. The molecule has 6 heteroatoms. The lowest BCUT2D eigenvalue weighted by molar-refractivity contribution is 0.103. The highest BCUT2D eigenvalue weighted by Gasteiger charge is 2.30. The summed E-state index contributed by atoms with van der Waals surface area (Å²) < 4.78 is 1.34. The van der Waals surface area contributed by atoms with Gasteiger partial charge in [-0.15, -0.1) is 14.8 Å². The normalized spacial score (nSPS) is 12.8. The van der Waals surface area contributed by atoms with Crippen molar-refractivity contribution < 1.29 is 4.79 Å². The predicted molar refractivity (Wildman–Crippen MR) is 62.2 cm³/mol.